The molecule has 21 heavy (non-hydrogen) atoms. The summed E-state index contributed by atoms with van der Waals surface area (Å²) in [5.41, 5.74) is 0. The van der Waals surface area contributed by atoms with Crippen LogP contribution in [0.2, 0.25) is 5.15 Å². The van der Waals surface area contributed by atoms with Gasteiger partial charge in [0.15, 0.2) is 11.0 Å². The Morgan fingerprint density at radius 3 is 2.71 bits per heavy atom. The first-order valence-electron chi connectivity index (χ1n) is 6.63. The number of hydrogen-bond donors (Lipinski definition) is 0. The molecule has 0 N–H and O–H groups in total. The molecule has 8 heteroatoms. The Balaban J connectivity index is 1.84. The van der Waals surface area contributed by atoms with Gasteiger partial charge in [0.05, 0.1) is 6.54 Å². The zero-order valence-electron chi connectivity index (χ0n) is 12.2. The summed E-state index contributed by atoms with van der Waals surface area (Å²) in [4.78, 5) is 17.8. The summed E-state index contributed by atoms with van der Waals surface area (Å²) in [7, 11) is 1.70. The van der Waals surface area contributed by atoms with Crippen LogP contribution in [0.25, 0.3) is 0 Å². The van der Waals surface area contributed by atoms with Gasteiger partial charge in [0.2, 0.25) is 11.8 Å². The van der Waals surface area contributed by atoms with Crippen LogP contribution >= 0.6 is 11.6 Å². The van der Waals surface area contributed by atoms with Gasteiger partial charge in [-0.1, -0.05) is 35.8 Å². The smallest absolute Gasteiger partial charge is 0.229 e. The van der Waals surface area contributed by atoms with Gasteiger partial charge in [0, 0.05) is 31.9 Å². The summed E-state index contributed by atoms with van der Waals surface area (Å²) in [6.45, 7) is 4.25. The molecule has 0 bridgehead atoms. The third-order valence-corrected chi connectivity index (χ3v) is 3.08. The van der Waals surface area contributed by atoms with Crippen molar-refractivity contribution in [1.82, 2.24) is 20.2 Å². The van der Waals surface area contributed by atoms with E-state index in [1.807, 2.05) is 13.8 Å². The molecule has 114 valence electrons. The van der Waals surface area contributed by atoms with Gasteiger partial charge in [0.1, 0.15) is 5.76 Å². The third-order valence-electron chi connectivity index (χ3n) is 2.90. The van der Waals surface area contributed by atoms with Crippen LogP contribution in [0.1, 0.15) is 43.7 Å². The van der Waals surface area contributed by atoms with Gasteiger partial charge in [-0.25, -0.2) is 0 Å². The van der Waals surface area contributed by atoms with E-state index in [9.17, 15) is 4.79 Å². The van der Waals surface area contributed by atoms with E-state index in [4.69, 9.17) is 20.6 Å². The number of amides is 1. The van der Waals surface area contributed by atoms with Gasteiger partial charge in [-0.3, -0.25) is 4.79 Å². The zero-order chi connectivity index (χ0) is 15.4. The molecule has 0 atom stereocenters. The van der Waals surface area contributed by atoms with E-state index in [1.54, 1.807) is 18.0 Å². The largest absolute Gasteiger partial charge is 0.360 e. The van der Waals surface area contributed by atoms with Gasteiger partial charge >= 0.3 is 0 Å². The number of aromatic nitrogens is 3. The van der Waals surface area contributed by atoms with Crippen LogP contribution < -0.4 is 0 Å². The lowest BCUT2D eigenvalue weighted by Crippen LogP contribution is -2.26. The quantitative estimate of drug-likeness (QED) is 0.814. The van der Waals surface area contributed by atoms with Gasteiger partial charge < -0.3 is 13.9 Å². The predicted octanol–water partition coefficient (Wildman–Crippen LogP) is 2.43. The van der Waals surface area contributed by atoms with E-state index in [0.29, 0.717) is 42.0 Å². The van der Waals surface area contributed by atoms with Crippen molar-refractivity contribution in [2.24, 2.45) is 0 Å². The van der Waals surface area contributed by atoms with Gasteiger partial charge in [0.25, 0.3) is 0 Å². The zero-order valence-corrected chi connectivity index (χ0v) is 12.9. The van der Waals surface area contributed by atoms with Gasteiger partial charge in [-0.15, -0.1) is 0 Å². The summed E-state index contributed by atoms with van der Waals surface area (Å²) in [6.07, 6.45) is 0.753. The molecule has 0 spiro atoms. The maximum atomic E-state index is 12.0. The predicted molar refractivity (Wildman–Crippen MR) is 74.7 cm³/mol. The summed E-state index contributed by atoms with van der Waals surface area (Å²) in [5.74, 6) is 1.78. The Hall–Kier alpha value is -1.89. The first kappa shape index (κ1) is 15.5. The fourth-order valence-electron chi connectivity index (χ4n) is 1.69. The minimum Gasteiger partial charge on any atom is -0.360 e. The highest BCUT2D eigenvalue weighted by atomic mass is 35.5. The molecular weight excluding hydrogens is 296 g/mol. The monoisotopic (exact) mass is 312 g/mol. The molecule has 0 aromatic carbocycles. The highest BCUT2D eigenvalue weighted by Gasteiger charge is 2.15. The highest BCUT2D eigenvalue weighted by Crippen LogP contribution is 2.13. The van der Waals surface area contributed by atoms with E-state index in [0.717, 1.165) is 0 Å². The lowest BCUT2D eigenvalue weighted by molar-refractivity contribution is -0.130. The summed E-state index contributed by atoms with van der Waals surface area (Å²) in [5, 5.41) is 7.71. The lowest BCUT2D eigenvalue weighted by Gasteiger charge is -2.14. The Morgan fingerprint density at radius 1 is 1.38 bits per heavy atom. The number of carbonyl (C=O) groups excluding carboxylic acids is 1. The Labute approximate surface area is 127 Å². The maximum absolute atomic E-state index is 12.0. The Morgan fingerprint density at radius 2 is 2.14 bits per heavy atom. The fourth-order valence-corrected chi connectivity index (χ4v) is 1.85. The third kappa shape index (κ3) is 4.29. The lowest BCUT2D eigenvalue weighted by atomic mass is 10.2. The van der Waals surface area contributed by atoms with Crippen LogP contribution in [-0.4, -0.2) is 33.2 Å². The second-order valence-electron chi connectivity index (χ2n) is 5.07. The molecule has 1 amide bonds. The number of hydrogen-bond acceptors (Lipinski definition) is 6. The van der Waals surface area contributed by atoms with E-state index >= 15 is 0 Å². The molecular formula is C13H17ClN4O3. The number of aryl methyl sites for hydroxylation is 1. The molecule has 0 saturated heterocycles. The molecule has 0 unspecified atom stereocenters. The number of halogens is 1. The Bertz CT molecular complexity index is 608. The molecule has 0 fully saturated rings. The minimum absolute atomic E-state index is 0.0431. The van der Waals surface area contributed by atoms with Crippen molar-refractivity contribution in [1.29, 1.82) is 0 Å². The van der Waals surface area contributed by atoms with Crippen LogP contribution in [0.15, 0.2) is 15.1 Å². The highest BCUT2D eigenvalue weighted by molar-refractivity contribution is 6.29. The second kappa shape index (κ2) is 6.71. The molecule has 7 nitrogen and oxygen atoms in total. The van der Waals surface area contributed by atoms with Crippen molar-refractivity contribution in [3.05, 3.63) is 28.7 Å². The topological polar surface area (TPSA) is 85.3 Å². The maximum Gasteiger partial charge on any atom is 0.229 e. The standard InChI is InChI=1S/C13H17ClN4O3/c1-8(2)13-15-11(17-21-13)7-18(3)12(19)5-4-9-6-10(14)16-20-9/h6,8H,4-5,7H2,1-3H3. The first-order chi connectivity index (χ1) is 9.95. The van der Waals surface area contributed by atoms with Crippen LogP contribution in [-0.2, 0) is 17.8 Å². The van der Waals surface area contributed by atoms with E-state index < -0.39 is 0 Å². The molecule has 2 heterocycles. The van der Waals surface area contributed by atoms with Crippen molar-refractivity contribution in [3.8, 4) is 0 Å². The van der Waals surface area contributed by atoms with Crippen molar-refractivity contribution >= 4 is 17.5 Å². The molecule has 0 aliphatic rings. The summed E-state index contributed by atoms with van der Waals surface area (Å²) >= 11 is 5.65. The van der Waals surface area contributed by atoms with Gasteiger partial charge in [-0.05, 0) is 0 Å². The molecule has 0 aliphatic carbocycles. The molecule has 0 radical (unpaired) electrons. The van der Waals surface area contributed by atoms with E-state index in [1.165, 1.54) is 0 Å². The van der Waals surface area contributed by atoms with E-state index in [2.05, 4.69) is 15.3 Å². The van der Waals surface area contributed by atoms with Crippen molar-refractivity contribution < 1.29 is 13.8 Å². The first-order valence-corrected chi connectivity index (χ1v) is 7.01. The summed E-state index contributed by atoms with van der Waals surface area (Å²) < 4.78 is 10.1. The SMILES string of the molecule is CC(C)c1nc(CN(C)C(=O)CCc2cc(Cl)no2)no1. The van der Waals surface area contributed by atoms with Crippen LogP contribution in [0.5, 0.6) is 0 Å². The minimum atomic E-state index is -0.0431. The second-order valence-corrected chi connectivity index (χ2v) is 5.46. The molecule has 2 aromatic rings. The molecule has 0 saturated carbocycles. The number of nitrogens with zero attached hydrogens (tertiary/aromatic N) is 4. The van der Waals surface area contributed by atoms with Crippen molar-refractivity contribution in [3.63, 3.8) is 0 Å². The fraction of sp³-hybridized carbons (Fsp3) is 0.538. The number of rotatable bonds is 6. The van der Waals surface area contributed by atoms with E-state index in [-0.39, 0.29) is 11.8 Å². The van der Waals surface area contributed by atoms with Gasteiger partial charge in [-0.2, -0.15) is 4.98 Å². The molecule has 2 rings (SSSR count). The average molecular weight is 313 g/mol. The van der Waals surface area contributed by atoms with Crippen LogP contribution in [0.4, 0.5) is 0 Å². The average Bonchev–Trinajstić information content (AvgIpc) is 3.05. The van der Waals surface area contributed by atoms with Crippen LogP contribution in [0, 0.1) is 0 Å². The number of carbonyl (C=O) groups is 1. The van der Waals surface area contributed by atoms with Crippen molar-refractivity contribution in [2.45, 2.75) is 39.2 Å². The molecule has 2 aromatic heterocycles. The summed E-state index contributed by atoms with van der Waals surface area (Å²) in [6, 6.07) is 1.60. The Kier molecular flexibility index (Phi) is 4.95. The van der Waals surface area contributed by atoms with Crippen molar-refractivity contribution in [2.75, 3.05) is 7.05 Å². The van der Waals surface area contributed by atoms with Crippen LogP contribution in [0.3, 0.4) is 0 Å². The normalized spacial score (nSPS) is 11.1. The molecule has 0 aliphatic heterocycles.